The third-order valence-electron chi connectivity index (χ3n) is 3.85. The molecular weight excluding hydrogens is 356 g/mol. The normalized spacial score (nSPS) is 10.8. The molecule has 146 valence electrons. The summed E-state index contributed by atoms with van der Waals surface area (Å²) in [7, 11) is 1.36. The van der Waals surface area contributed by atoms with Gasteiger partial charge in [-0.15, -0.1) is 0 Å². The first-order chi connectivity index (χ1) is 12.9. The third-order valence-corrected chi connectivity index (χ3v) is 3.85. The van der Waals surface area contributed by atoms with E-state index in [9.17, 15) is 13.6 Å². The summed E-state index contributed by atoms with van der Waals surface area (Å²) in [5, 5.41) is 2.70. The summed E-state index contributed by atoms with van der Waals surface area (Å²) in [6.07, 6.45) is 0. The van der Waals surface area contributed by atoms with Crippen LogP contribution in [0.1, 0.15) is 30.9 Å². The molecule has 0 atom stereocenters. The highest BCUT2D eigenvalue weighted by Crippen LogP contribution is 2.29. The second-order valence-corrected chi connectivity index (χ2v) is 6.15. The van der Waals surface area contributed by atoms with Crippen LogP contribution in [0.5, 0.6) is 17.2 Å². The molecule has 0 radical (unpaired) electrons. The first-order valence-corrected chi connectivity index (χ1v) is 8.50. The van der Waals surface area contributed by atoms with Gasteiger partial charge in [0.1, 0.15) is 5.75 Å². The first-order valence-electron chi connectivity index (χ1n) is 8.50. The molecule has 0 saturated heterocycles. The maximum absolute atomic E-state index is 12.3. The number of hydrogen-bond donors (Lipinski definition) is 1. The van der Waals surface area contributed by atoms with Crippen LogP contribution in [0.3, 0.4) is 0 Å². The third kappa shape index (κ3) is 6.44. The summed E-state index contributed by atoms with van der Waals surface area (Å²) in [5.74, 6) is 0.857. The van der Waals surface area contributed by atoms with Gasteiger partial charge >= 0.3 is 6.61 Å². The van der Waals surface area contributed by atoms with Crippen LogP contribution in [0.15, 0.2) is 42.5 Å². The van der Waals surface area contributed by atoms with Crippen molar-refractivity contribution in [3.63, 3.8) is 0 Å². The molecule has 1 N–H and O–H groups in total. The number of nitrogens with one attached hydrogen (secondary N) is 1. The number of hydrogen-bond acceptors (Lipinski definition) is 4. The predicted molar refractivity (Wildman–Crippen MR) is 97.5 cm³/mol. The Hall–Kier alpha value is -2.83. The van der Waals surface area contributed by atoms with E-state index in [4.69, 9.17) is 9.47 Å². The monoisotopic (exact) mass is 379 g/mol. The minimum atomic E-state index is -2.93. The van der Waals surface area contributed by atoms with Gasteiger partial charge < -0.3 is 19.5 Å². The Balaban J connectivity index is 1.84. The molecule has 0 aliphatic heterocycles. The van der Waals surface area contributed by atoms with Crippen LogP contribution in [-0.2, 0) is 11.3 Å². The molecule has 0 aliphatic rings. The zero-order valence-corrected chi connectivity index (χ0v) is 15.5. The molecule has 0 spiro atoms. The van der Waals surface area contributed by atoms with Gasteiger partial charge in [0.2, 0.25) is 0 Å². The molecule has 5 nitrogen and oxygen atoms in total. The lowest BCUT2D eigenvalue weighted by Gasteiger charge is -2.12. The van der Waals surface area contributed by atoms with Crippen LogP contribution in [0, 0.1) is 0 Å². The maximum Gasteiger partial charge on any atom is 0.387 e. The highest BCUT2D eigenvalue weighted by molar-refractivity contribution is 5.77. The predicted octanol–water partition coefficient (Wildman–Crippen LogP) is 4.12. The SMILES string of the molecule is COc1cc(CNC(=O)COc2ccc(C(C)C)cc2)ccc1OC(F)F. The second kappa shape index (κ2) is 9.75. The van der Waals surface area contributed by atoms with E-state index in [1.165, 1.54) is 24.8 Å². The number of alkyl halides is 2. The van der Waals surface area contributed by atoms with Gasteiger partial charge in [-0.05, 0) is 41.3 Å². The molecular formula is C20H23F2NO4. The van der Waals surface area contributed by atoms with Crippen molar-refractivity contribution in [2.24, 2.45) is 0 Å². The zero-order chi connectivity index (χ0) is 19.8. The molecule has 0 aliphatic carbocycles. The lowest BCUT2D eigenvalue weighted by molar-refractivity contribution is -0.123. The van der Waals surface area contributed by atoms with Crippen LogP contribution in [0.25, 0.3) is 0 Å². The van der Waals surface area contributed by atoms with Gasteiger partial charge in [-0.25, -0.2) is 0 Å². The van der Waals surface area contributed by atoms with Crippen LogP contribution in [0.2, 0.25) is 0 Å². The molecule has 1 amide bonds. The number of amides is 1. The fourth-order valence-corrected chi connectivity index (χ4v) is 2.36. The number of methoxy groups -OCH3 is 1. The quantitative estimate of drug-likeness (QED) is 0.712. The fraction of sp³-hybridized carbons (Fsp3) is 0.350. The number of halogens is 2. The molecule has 2 aromatic rings. The van der Waals surface area contributed by atoms with Gasteiger partial charge in [-0.1, -0.05) is 32.0 Å². The average molecular weight is 379 g/mol. The second-order valence-electron chi connectivity index (χ2n) is 6.15. The van der Waals surface area contributed by atoms with Crippen molar-refractivity contribution in [1.82, 2.24) is 5.32 Å². The zero-order valence-electron chi connectivity index (χ0n) is 15.5. The minimum Gasteiger partial charge on any atom is -0.493 e. The van der Waals surface area contributed by atoms with Gasteiger partial charge in [0.25, 0.3) is 5.91 Å². The molecule has 2 rings (SSSR count). The van der Waals surface area contributed by atoms with Crippen LogP contribution < -0.4 is 19.5 Å². The van der Waals surface area contributed by atoms with Gasteiger partial charge in [0.05, 0.1) is 7.11 Å². The number of rotatable bonds is 9. The van der Waals surface area contributed by atoms with E-state index in [-0.39, 0.29) is 30.6 Å². The van der Waals surface area contributed by atoms with E-state index in [1.807, 2.05) is 24.3 Å². The van der Waals surface area contributed by atoms with Gasteiger partial charge in [-0.3, -0.25) is 4.79 Å². The lowest BCUT2D eigenvalue weighted by Crippen LogP contribution is -2.28. The van der Waals surface area contributed by atoms with E-state index in [2.05, 4.69) is 23.9 Å². The summed E-state index contributed by atoms with van der Waals surface area (Å²) in [6.45, 7) is 1.36. The van der Waals surface area contributed by atoms with E-state index >= 15 is 0 Å². The van der Waals surface area contributed by atoms with Crippen molar-refractivity contribution in [2.75, 3.05) is 13.7 Å². The molecule has 0 heterocycles. The summed E-state index contributed by atoms with van der Waals surface area (Å²) < 4.78 is 39.5. The molecule has 27 heavy (non-hydrogen) atoms. The number of ether oxygens (including phenoxy) is 3. The average Bonchev–Trinajstić information content (AvgIpc) is 2.65. The Morgan fingerprint density at radius 3 is 2.37 bits per heavy atom. The Labute approximate surface area is 157 Å². The van der Waals surface area contributed by atoms with Crippen molar-refractivity contribution in [2.45, 2.75) is 32.9 Å². The minimum absolute atomic E-state index is 0.0595. The first kappa shape index (κ1) is 20.5. The van der Waals surface area contributed by atoms with E-state index in [1.54, 1.807) is 6.07 Å². The Morgan fingerprint density at radius 2 is 1.78 bits per heavy atom. The molecule has 0 aromatic heterocycles. The summed E-state index contributed by atoms with van der Waals surface area (Å²) in [4.78, 5) is 11.9. The number of benzene rings is 2. The summed E-state index contributed by atoms with van der Waals surface area (Å²) in [5.41, 5.74) is 1.88. The number of carbonyl (C=O) groups excluding carboxylic acids is 1. The van der Waals surface area contributed by atoms with Crippen LogP contribution in [0.4, 0.5) is 8.78 Å². The van der Waals surface area contributed by atoms with Crippen molar-refractivity contribution in [1.29, 1.82) is 0 Å². The maximum atomic E-state index is 12.3. The van der Waals surface area contributed by atoms with Gasteiger partial charge in [-0.2, -0.15) is 8.78 Å². The highest BCUT2D eigenvalue weighted by Gasteiger charge is 2.11. The molecule has 2 aromatic carbocycles. The highest BCUT2D eigenvalue weighted by atomic mass is 19.3. The van der Waals surface area contributed by atoms with Gasteiger partial charge in [0, 0.05) is 6.54 Å². The fourth-order valence-electron chi connectivity index (χ4n) is 2.36. The lowest BCUT2D eigenvalue weighted by atomic mass is 10.0. The molecule has 0 bridgehead atoms. The van der Waals surface area contributed by atoms with Crippen molar-refractivity contribution >= 4 is 5.91 Å². The van der Waals surface area contributed by atoms with Crippen LogP contribution >= 0.6 is 0 Å². The van der Waals surface area contributed by atoms with E-state index in [0.29, 0.717) is 17.2 Å². The van der Waals surface area contributed by atoms with Gasteiger partial charge in [0.15, 0.2) is 18.1 Å². The summed E-state index contributed by atoms with van der Waals surface area (Å²) in [6, 6.07) is 12.1. The van der Waals surface area contributed by atoms with E-state index in [0.717, 1.165) is 0 Å². The molecule has 0 fully saturated rings. The summed E-state index contributed by atoms with van der Waals surface area (Å²) >= 11 is 0. The Morgan fingerprint density at radius 1 is 1.07 bits per heavy atom. The van der Waals surface area contributed by atoms with Crippen molar-refractivity contribution in [3.8, 4) is 17.2 Å². The van der Waals surface area contributed by atoms with Crippen molar-refractivity contribution < 1.29 is 27.8 Å². The molecule has 0 unspecified atom stereocenters. The van der Waals surface area contributed by atoms with Crippen LogP contribution in [-0.4, -0.2) is 26.2 Å². The van der Waals surface area contributed by atoms with E-state index < -0.39 is 6.61 Å². The smallest absolute Gasteiger partial charge is 0.387 e. The van der Waals surface area contributed by atoms with Crippen molar-refractivity contribution in [3.05, 3.63) is 53.6 Å². The molecule has 0 saturated carbocycles. The molecule has 7 heteroatoms. The topological polar surface area (TPSA) is 56.8 Å². The largest absolute Gasteiger partial charge is 0.493 e. The standard InChI is InChI=1S/C20H23F2NO4/c1-13(2)15-5-7-16(8-6-15)26-12-19(24)23-11-14-4-9-17(27-20(21)22)18(10-14)25-3/h4-10,13,20H,11-12H2,1-3H3,(H,23,24). The number of carbonyl (C=O) groups is 1. The Bertz CT molecular complexity index is 748. The Kier molecular flexibility index (Phi) is 7.40.